The fraction of sp³-hybridized carbons (Fsp3) is 0.818. The summed E-state index contributed by atoms with van der Waals surface area (Å²) in [5.74, 6) is 1.28. The highest BCUT2D eigenvalue weighted by Gasteiger charge is 2.30. The lowest BCUT2D eigenvalue weighted by molar-refractivity contribution is 0.470. The average Bonchev–Trinajstić information content (AvgIpc) is 2.93. The molecule has 0 radical (unpaired) electrons. The molecule has 1 aliphatic rings. The van der Waals surface area contributed by atoms with Gasteiger partial charge in [-0.1, -0.05) is 12.1 Å². The molecule has 2 atom stereocenters. The smallest absolute Gasteiger partial charge is 0.153 e. The third-order valence-electron chi connectivity index (χ3n) is 3.07. The van der Waals surface area contributed by atoms with E-state index in [4.69, 9.17) is 0 Å². The summed E-state index contributed by atoms with van der Waals surface area (Å²) in [6, 6.07) is 0.358. The number of thioether (sulfide) groups is 1. The Hall–Kier alpha value is -0.0700. The normalized spacial score (nSPS) is 21.9. The standard InChI is InChI=1S/C11H19BrN4S/c1-3-6-13-9(8-5-4-7-17-8)10-11(12)14-15-16(10)2/h8-9,13H,3-7H2,1-2H3. The molecule has 17 heavy (non-hydrogen) atoms. The Balaban J connectivity index is 2.19. The lowest BCUT2D eigenvalue weighted by atomic mass is 10.1. The zero-order valence-corrected chi connectivity index (χ0v) is 12.7. The van der Waals surface area contributed by atoms with E-state index in [1.807, 2.05) is 11.7 Å². The summed E-state index contributed by atoms with van der Waals surface area (Å²) in [6.45, 7) is 3.24. The van der Waals surface area contributed by atoms with Crippen molar-refractivity contribution in [2.24, 2.45) is 7.05 Å². The molecule has 2 unspecified atom stereocenters. The van der Waals surface area contributed by atoms with Gasteiger partial charge in [-0.15, -0.1) is 5.10 Å². The molecule has 1 fully saturated rings. The van der Waals surface area contributed by atoms with Crippen molar-refractivity contribution in [3.05, 3.63) is 10.3 Å². The first-order valence-electron chi connectivity index (χ1n) is 6.14. The molecule has 1 aromatic rings. The molecule has 0 aliphatic carbocycles. The Kier molecular flexibility index (Phi) is 4.87. The number of halogens is 1. The van der Waals surface area contributed by atoms with E-state index in [9.17, 15) is 0 Å². The number of rotatable bonds is 5. The Labute approximate surface area is 115 Å². The summed E-state index contributed by atoms with van der Waals surface area (Å²) in [6.07, 6.45) is 3.75. The quantitative estimate of drug-likeness (QED) is 0.906. The van der Waals surface area contributed by atoms with Gasteiger partial charge in [0.15, 0.2) is 4.60 Å². The maximum Gasteiger partial charge on any atom is 0.153 e. The van der Waals surface area contributed by atoms with E-state index in [-0.39, 0.29) is 0 Å². The molecule has 96 valence electrons. The van der Waals surface area contributed by atoms with E-state index in [2.05, 4.69) is 50.2 Å². The van der Waals surface area contributed by atoms with E-state index >= 15 is 0 Å². The minimum atomic E-state index is 0.358. The van der Waals surface area contributed by atoms with Crippen LogP contribution in [0.3, 0.4) is 0 Å². The molecular weight excluding hydrogens is 300 g/mol. The highest BCUT2D eigenvalue weighted by Crippen LogP contribution is 2.37. The third kappa shape index (κ3) is 3.03. The number of nitrogens with one attached hydrogen (secondary N) is 1. The molecule has 0 bridgehead atoms. The van der Waals surface area contributed by atoms with Crippen molar-refractivity contribution in [1.82, 2.24) is 20.3 Å². The Bertz CT molecular complexity index is 343. The van der Waals surface area contributed by atoms with Gasteiger partial charge in [-0.2, -0.15) is 11.8 Å². The molecule has 1 aliphatic heterocycles. The van der Waals surface area contributed by atoms with E-state index < -0.39 is 0 Å². The largest absolute Gasteiger partial charge is 0.308 e. The van der Waals surface area contributed by atoms with E-state index in [1.54, 1.807) is 0 Å². The van der Waals surface area contributed by atoms with Crippen molar-refractivity contribution < 1.29 is 0 Å². The van der Waals surface area contributed by atoms with E-state index in [1.165, 1.54) is 24.3 Å². The van der Waals surface area contributed by atoms with Crippen LogP contribution in [0.1, 0.15) is 37.9 Å². The second-order valence-electron chi connectivity index (χ2n) is 4.37. The molecule has 1 N–H and O–H groups in total. The molecule has 4 nitrogen and oxygen atoms in total. The van der Waals surface area contributed by atoms with Gasteiger partial charge in [0.05, 0.1) is 11.7 Å². The second-order valence-corrected chi connectivity index (χ2v) is 6.47. The molecule has 2 heterocycles. The number of aryl methyl sites for hydroxylation is 1. The average molecular weight is 319 g/mol. The van der Waals surface area contributed by atoms with Gasteiger partial charge < -0.3 is 5.32 Å². The van der Waals surface area contributed by atoms with Crippen molar-refractivity contribution in [2.45, 2.75) is 37.5 Å². The fourth-order valence-electron chi connectivity index (χ4n) is 2.24. The van der Waals surface area contributed by atoms with Crippen LogP contribution >= 0.6 is 27.7 Å². The van der Waals surface area contributed by atoms with Crippen molar-refractivity contribution in [3.8, 4) is 0 Å². The number of nitrogens with zero attached hydrogens (tertiary/aromatic N) is 3. The van der Waals surface area contributed by atoms with Crippen LogP contribution in [0.4, 0.5) is 0 Å². The van der Waals surface area contributed by atoms with Gasteiger partial charge >= 0.3 is 0 Å². The molecular formula is C11H19BrN4S. The van der Waals surface area contributed by atoms with Gasteiger partial charge in [-0.3, -0.25) is 0 Å². The molecule has 0 aromatic carbocycles. The van der Waals surface area contributed by atoms with Gasteiger partial charge in [-0.05, 0) is 47.5 Å². The summed E-state index contributed by atoms with van der Waals surface area (Å²) in [7, 11) is 1.97. The number of hydrogen-bond acceptors (Lipinski definition) is 4. The predicted octanol–water partition coefficient (Wildman–Crippen LogP) is 2.51. The third-order valence-corrected chi connectivity index (χ3v) is 5.10. The fourth-order valence-corrected chi connectivity index (χ4v) is 4.20. The van der Waals surface area contributed by atoms with Crippen molar-refractivity contribution >= 4 is 27.7 Å². The molecule has 1 aromatic heterocycles. The maximum atomic E-state index is 4.10. The zero-order valence-electron chi connectivity index (χ0n) is 10.3. The van der Waals surface area contributed by atoms with Crippen molar-refractivity contribution in [2.75, 3.05) is 12.3 Å². The monoisotopic (exact) mass is 318 g/mol. The second kappa shape index (κ2) is 6.20. The first-order valence-corrected chi connectivity index (χ1v) is 7.98. The summed E-state index contributed by atoms with van der Waals surface area (Å²) < 4.78 is 2.76. The lowest BCUT2D eigenvalue weighted by Crippen LogP contribution is -2.31. The van der Waals surface area contributed by atoms with Crippen LogP contribution in [-0.2, 0) is 7.05 Å². The minimum Gasteiger partial charge on any atom is -0.308 e. The van der Waals surface area contributed by atoms with Crippen molar-refractivity contribution in [3.63, 3.8) is 0 Å². The highest BCUT2D eigenvalue weighted by molar-refractivity contribution is 9.10. The van der Waals surface area contributed by atoms with Gasteiger partial charge in [0, 0.05) is 12.3 Å². The van der Waals surface area contributed by atoms with Crippen LogP contribution in [0, 0.1) is 0 Å². The van der Waals surface area contributed by atoms with Gasteiger partial charge in [-0.25, -0.2) is 4.68 Å². The Morgan fingerprint density at radius 3 is 3.00 bits per heavy atom. The summed E-state index contributed by atoms with van der Waals surface area (Å²) in [5.41, 5.74) is 1.18. The first kappa shape index (κ1) is 13.4. The van der Waals surface area contributed by atoms with Gasteiger partial charge in [0.1, 0.15) is 0 Å². The molecule has 0 saturated carbocycles. The number of aromatic nitrogens is 3. The summed E-state index contributed by atoms with van der Waals surface area (Å²) in [5, 5.41) is 12.5. The van der Waals surface area contributed by atoms with Crippen LogP contribution < -0.4 is 5.32 Å². The maximum absolute atomic E-state index is 4.10. The SMILES string of the molecule is CCCNC(c1c(Br)nnn1C)C1CCCS1. The minimum absolute atomic E-state index is 0.358. The summed E-state index contributed by atoms with van der Waals surface area (Å²) in [4.78, 5) is 0. The van der Waals surface area contributed by atoms with Crippen LogP contribution in [0.2, 0.25) is 0 Å². The van der Waals surface area contributed by atoms with Crippen LogP contribution in [0.15, 0.2) is 4.60 Å². The van der Waals surface area contributed by atoms with Gasteiger partial charge in [0.25, 0.3) is 0 Å². The predicted molar refractivity (Wildman–Crippen MR) is 75.2 cm³/mol. The van der Waals surface area contributed by atoms with Crippen LogP contribution in [0.25, 0.3) is 0 Å². The lowest BCUT2D eigenvalue weighted by Gasteiger charge is -2.24. The van der Waals surface area contributed by atoms with Crippen LogP contribution in [-0.4, -0.2) is 32.5 Å². The summed E-state index contributed by atoms with van der Waals surface area (Å²) >= 11 is 5.58. The van der Waals surface area contributed by atoms with Crippen LogP contribution in [0.5, 0.6) is 0 Å². The topological polar surface area (TPSA) is 42.7 Å². The first-order chi connectivity index (χ1) is 8.24. The van der Waals surface area contributed by atoms with E-state index in [0.29, 0.717) is 11.3 Å². The molecule has 0 amide bonds. The molecule has 2 rings (SSSR count). The molecule has 0 spiro atoms. The molecule has 1 saturated heterocycles. The van der Waals surface area contributed by atoms with Crippen molar-refractivity contribution in [1.29, 1.82) is 0 Å². The Morgan fingerprint density at radius 1 is 1.65 bits per heavy atom. The highest BCUT2D eigenvalue weighted by atomic mass is 79.9. The number of hydrogen-bond donors (Lipinski definition) is 1. The zero-order chi connectivity index (χ0) is 12.3. The van der Waals surface area contributed by atoms with Gasteiger partial charge in [0.2, 0.25) is 0 Å². The molecule has 6 heteroatoms. The Morgan fingerprint density at radius 2 is 2.47 bits per heavy atom. The van der Waals surface area contributed by atoms with E-state index in [0.717, 1.165) is 17.6 Å².